The first kappa shape index (κ1) is 24.5. The Labute approximate surface area is 218 Å². The minimum Gasteiger partial charge on any atom is -0.497 e. The number of imidazole rings is 1. The summed E-state index contributed by atoms with van der Waals surface area (Å²) in [5.74, 6) is 0.505. The number of amides is 2. The van der Waals surface area contributed by atoms with Gasteiger partial charge < -0.3 is 15.0 Å². The zero-order valence-electron chi connectivity index (χ0n) is 20.0. The van der Waals surface area contributed by atoms with E-state index in [4.69, 9.17) is 27.9 Å². The first-order valence-corrected chi connectivity index (χ1v) is 12.6. The molecular weight excluding hydrogens is 503 g/mol. The SMILES string of the molecule is COc1ccc(-n2c(C(=O)NC(C)C3CC3)c3n(c2=O)CCN(C(=O)c2ccc(Cl)c(Cl)c2)C3)cc1. The summed E-state index contributed by atoms with van der Waals surface area (Å²) in [4.78, 5) is 42.0. The maximum atomic E-state index is 13.6. The van der Waals surface area contributed by atoms with Crippen LogP contribution >= 0.6 is 23.2 Å². The number of hydrogen-bond acceptors (Lipinski definition) is 4. The van der Waals surface area contributed by atoms with Gasteiger partial charge in [0.15, 0.2) is 0 Å². The van der Waals surface area contributed by atoms with Crippen LogP contribution < -0.4 is 15.7 Å². The van der Waals surface area contributed by atoms with E-state index in [1.165, 1.54) is 10.6 Å². The van der Waals surface area contributed by atoms with Gasteiger partial charge in [0.05, 0.1) is 35.1 Å². The number of hydrogen-bond donors (Lipinski definition) is 1. The number of ether oxygens (including phenoxy) is 1. The number of benzene rings is 2. The van der Waals surface area contributed by atoms with Crippen molar-refractivity contribution in [3.05, 3.63) is 79.9 Å². The lowest BCUT2D eigenvalue weighted by atomic mass is 10.1. The molecule has 1 unspecified atom stereocenters. The number of rotatable bonds is 6. The molecule has 1 N–H and O–H groups in total. The van der Waals surface area contributed by atoms with Gasteiger partial charge in [0.1, 0.15) is 11.4 Å². The molecule has 0 bridgehead atoms. The Hall–Kier alpha value is -3.23. The summed E-state index contributed by atoms with van der Waals surface area (Å²) in [6.45, 7) is 2.67. The third-order valence-electron chi connectivity index (χ3n) is 6.87. The van der Waals surface area contributed by atoms with Gasteiger partial charge in [-0.3, -0.25) is 18.7 Å². The minimum atomic E-state index is -0.333. The van der Waals surface area contributed by atoms with Crippen molar-refractivity contribution in [2.24, 2.45) is 5.92 Å². The van der Waals surface area contributed by atoms with Gasteiger partial charge in [0.25, 0.3) is 11.8 Å². The smallest absolute Gasteiger partial charge is 0.333 e. The van der Waals surface area contributed by atoms with Gasteiger partial charge in [0.2, 0.25) is 0 Å². The maximum absolute atomic E-state index is 13.6. The van der Waals surface area contributed by atoms with Crippen molar-refractivity contribution in [2.45, 2.75) is 38.9 Å². The zero-order valence-corrected chi connectivity index (χ0v) is 21.5. The zero-order chi connectivity index (χ0) is 25.6. The second kappa shape index (κ2) is 9.67. The summed E-state index contributed by atoms with van der Waals surface area (Å²) in [6.07, 6.45) is 2.15. The molecule has 2 aliphatic rings. The Kier molecular flexibility index (Phi) is 6.57. The highest BCUT2D eigenvalue weighted by Gasteiger charge is 2.35. The van der Waals surface area contributed by atoms with E-state index in [1.54, 1.807) is 53.0 Å². The molecule has 0 spiro atoms. The van der Waals surface area contributed by atoms with Crippen molar-refractivity contribution in [1.29, 1.82) is 0 Å². The van der Waals surface area contributed by atoms with Crippen LogP contribution in [0.25, 0.3) is 5.69 Å². The summed E-state index contributed by atoms with van der Waals surface area (Å²) < 4.78 is 8.26. The molecule has 1 aliphatic heterocycles. The standard InChI is InChI=1S/C26H26Cl2N4O4/c1-15(16-3-4-16)29-24(33)23-22-14-30(25(34)17-5-10-20(27)21(28)13-17)11-12-31(22)26(35)32(23)18-6-8-19(36-2)9-7-18/h5-10,13,15-16H,3-4,11-12,14H2,1-2H3,(H,29,33). The average molecular weight is 529 g/mol. The number of aromatic nitrogens is 2. The molecule has 10 heteroatoms. The Morgan fingerprint density at radius 1 is 1.06 bits per heavy atom. The van der Waals surface area contributed by atoms with Crippen LogP contribution in [0.3, 0.4) is 0 Å². The Morgan fingerprint density at radius 2 is 1.78 bits per heavy atom. The van der Waals surface area contributed by atoms with E-state index in [-0.39, 0.29) is 47.4 Å². The lowest BCUT2D eigenvalue weighted by Crippen LogP contribution is -2.41. The van der Waals surface area contributed by atoms with Gasteiger partial charge in [-0.25, -0.2) is 4.79 Å². The van der Waals surface area contributed by atoms with Crippen LogP contribution in [0.1, 0.15) is 46.3 Å². The van der Waals surface area contributed by atoms with Crippen LogP contribution in [0.4, 0.5) is 0 Å². The van der Waals surface area contributed by atoms with Gasteiger partial charge in [-0.1, -0.05) is 23.2 Å². The Balaban J connectivity index is 1.55. The van der Waals surface area contributed by atoms with Crippen molar-refractivity contribution in [2.75, 3.05) is 13.7 Å². The summed E-state index contributed by atoms with van der Waals surface area (Å²) >= 11 is 12.1. The van der Waals surface area contributed by atoms with E-state index in [1.807, 2.05) is 6.92 Å². The van der Waals surface area contributed by atoms with Crippen LogP contribution in [-0.4, -0.2) is 45.5 Å². The third-order valence-corrected chi connectivity index (χ3v) is 7.61. The molecule has 2 amide bonds. The molecule has 3 aromatic rings. The lowest BCUT2D eigenvalue weighted by molar-refractivity contribution is 0.0706. The van der Waals surface area contributed by atoms with Gasteiger partial charge >= 0.3 is 5.69 Å². The summed E-state index contributed by atoms with van der Waals surface area (Å²) in [5, 5.41) is 3.72. The van der Waals surface area contributed by atoms with E-state index in [2.05, 4.69) is 5.32 Å². The van der Waals surface area contributed by atoms with Crippen molar-refractivity contribution in [1.82, 2.24) is 19.4 Å². The molecule has 1 atom stereocenters. The van der Waals surface area contributed by atoms with Crippen molar-refractivity contribution in [3.8, 4) is 11.4 Å². The van der Waals surface area contributed by atoms with Gasteiger partial charge in [-0.2, -0.15) is 0 Å². The van der Waals surface area contributed by atoms with Gasteiger partial charge in [-0.15, -0.1) is 0 Å². The molecule has 2 aromatic carbocycles. The average Bonchev–Trinajstić information content (AvgIpc) is 3.69. The molecule has 1 aliphatic carbocycles. The van der Waals surface area contributed by atoms with Gasteiger partial charge in [0, 0.05) is 24.7 Å². The Bertz CT molecular complexity index is 1390. The number of halogens is 2. The quantitative estimate of drug-likeness (QED) is 0.520. The second-order valence-electron chi connectivity index (χ2n) is 9.22. The number of carbonyl (C=O) groups excluding carboxylic acids is 2. The number of fused-ring (bicyclic) bond motifs is 1. The lowest BCUT2D eigenvalue weighted by Gasteiger charge is -2.28. The van der Waals surface area contributed by atoms with E-state index in [9.17, 15) is 14.4 Å². The summed E-state index contributed by atoms with van der Waals surface area (Å²) in [6, 6.07) is 11.7. The molecular formula is C26H26Cl2N4O4. The van der Waals surface area contributed by atoms with Crippen molar-refractivity contribution < 1.29 is 14.3 Å². The molecule has 36 heavy (non-hydrogen) atoms. The second-order valence-corrected chi connectivity index (χ2v) is 10.0. The maximum Gasteiger partial charge on any atom is 0.333 e. The third kappa shape index (κ3) is 4.51. The Morgan fingerprint density at radius 3 is 2.42 bits per heavy atom. The number of methoxy groups -OCH3 is 1. The molecule has 1 fully saturated rings. The van der Waals surface area contributed by atoms with Crippen LogP contribution in [0.2, 0.25) is 10.0 Å². The van der Waals surface area contributed by atoms with Crippen molar-refractivity contribution >= 4 is 35.0 Å². The highest BCUT2D eigenvalue weighted by atomic mass is 35.5. The molecule has 0 saturated heterocycles. The molecule has 188 valence electrons. The molecule has 1 saturated carbocycles. The fourth-order valence-corrected chi connectivity index (χ4v) is 4.94. The highest BCUT2D eigenvalue weighted by molar-refractivity contribution is 6.42. The summed E-state index contributed by atoms with van der Waals surface area (Å²) in [7, 11) is 1.57. The van der Waals surface area contributed by atoms with Crippen LogP contribution in [0.5, 0.6) is 5.75 Å². The minimum absolute atomic E-state index is 0.00926. The molecule has 1 aromatic heterocycles. The largest absolute Gasteiger partial charge is 0.497 e. The summed E-state index contributed by atoms with van der Waals surface area (Å²) in [5.41, 5.74) is 1.36. The first-order valence-electron chi connectivity index (χ1n) is 11.8. The van der Waals surface area contributed by atoms with Crippen LogP contribution in [0.15, 0.2) is 47.3 Å². The van der Waals surface area contributed by atoms with Crippen LogP contribution in [0, 0.1) is 5.92 Å². The fourth-order valence-electron chi connectivity index (χ4n) is 4.64. The monoisotopic (exact) mass is 528 g/mol. The van der Waals surface area contributed by atoms with E-state index >= 15 is 0 Å². The number of nitrogens with one attached hydrogen (secondary N) is 1. The molecule has 8 nitrogen and oxygen atoms in total. The predicted octanol–water partition coefficient (Wildman–Crippen LogP) is 4.14. The first-order chi connectivity index (χ1) is 17.3. The number of carbonyl (C=O) groups is 2. The van der Waals surface area contributed by atoms with Gasteiger partial charge in [-0.05, 0) is 68.1 Å². The topological polar surface area (TPSA) is 85.6 Å². The molecule has 0 radical (unpaired) electrons. The normalized spacial score (nSPS) is 15.8. The van der Waals surface area contributed by atoms with Crippen LogP contribution in [-0.2, 0) is 13.1 Å². The van der Waals surface area contributed by atoms with E-state index in [0.717, 1.165) is 12.8 Å². The number of nitrogens with zero attached hydrogens (tertiary/aromatic N) is 3. The van der Waals surface area contributed by atoms with Crippen molar-refractivity contribution in [3.63, 3.8) is 0 Å². The predicted molar refractivity (Wildman–Crippen MR) is 137 cm³/mol. The van der Waals surface area contributed by atoms with E-state index in [0.29, 0.717) is 40.2 Å². The van der Waals surface area contributed by atoms with E-state index < -0.39 is 0 Å². The molecule has 2 heterocycles. The molecule has 5 rings (SSSR count). The highest BCUT2D eigenvalue weighted by Crippen LogP contribution is 2.33. The fraction of sp³-hybridized carbons (Fsp3) is 0.346.